The molecule has 88 valence electrons. The van der Waals surface area contributed by atoms with E-state index in [2.05, 4.69) is 15.3 Å². The Kier molecular flexibility index (Phi) is 2.94. The molecule has 0 atom stereocenters. The van der Waals surface area contributed by atoms with Gasteiger partial charge in [-0.2, -0.15) is 0 Å². The SMILES string of the molecule is [2H]C([2H])(NC(=O)OC(C)(C)C)c1ncc(C)cn1. The number of amides is 1. The van der Waals surface area contributed by atoms with Crippen LogP contribution in [0, 0.1) is 6.92 Å². The van der Waals surface area contributed by atoms with Crippen molar-refractivity contribution in [3.63, 3.8) is 0 Å². The van der Waals surface area contributed by atoms with E-state index in [4.69, 9.17) is 7.48 Å². The summed E-state index contributed by atoms with van der Waals surface area (Å²) >= 11 is 0. The molecule has 0 fully saturated rings. The minimum Gasteiger partial charge on any atom is -0.444 e. The summed E-state index contributed by atoms with van der Waals surface area (Å²) in [4.78, 5) is 19.2. The van der Waals surface area contributed by atoms with Gasteiger partial charge in [-0.15, -0.1) is 0 Å². The molecule has 0 radical (unpaired) electrons. The second-order valence-electron chi connectivity index (χ2n) is 4.34. The fourth-order valence-corrected chi connectivity index (χ4v) is 0.868. The largest absolute Gasteiger partial charge is 0.444 e. The highest BCUT2D eigenvalue weighted by atomic mass is 16.6. The molecule has 0 bridgehead atoms. The molecule has 1 aromatic rings. The zero-order valence-electron chi connectivity index (χ0n) is 11.9. The Morgan fingerprint density at radius 1 is 1.50 bits per heavy atom. The molecule has 0 unspecified atom stereocenters. The molecule has 0 aliphatic rings. The van der Waals surface area contributed by atoms with Gasteiger partial charge in [0.1, 0.15) is 11.4 Å². The van der Waals surface area contributed by atoms with Gasteiger partial charge in [-0.05, 0) is 33.3 Å². The van der Waals surface area contributed by atoms with Crippen LogP contribution in [0.15, 0.2) is 12.4 Å². The fraction of sp³-hybridized carbons (Fsp3) is 0.545. The number of carbonyl (C=O) groups excluding carboxylic acids is 1. The first kappa shape index (κ1) is 9.57. The molecule has 1 amide bonds. The number of aromatic nitrogens is 2. The summed E-state index contributed by atoms with van der Waals surface area (Å²) in [6, 6.07) is 0. The van der Waals surface area contributed by atoms with Crippen LogP contribution in [0.25, 0.3) is 0 Å². The Morgan fingerprint density at radius 3 is 2.56 bits per heavy atom. The van der Waals surface area contributed by atoms with Gasteiger partial charge in [0.05, 0.1) is 9.24 Å². The smallest absolute Gasteiger partial charge is 0.408 e. The van der Waals surface area contributed by atoms with E-state index in [9.17, 15) is 4.79 Å². The first-order chi connectivity index (χ1) is 8.10. The summed E-state index contributed by atoms with van der Waals surface area (Å²) in [5.41, 5.74) is 0.126. The average Bonchev–Trinajstić information content (AvgIpc) is 2.13. The second kappa shape index (κ2) is 4.92. The lowest BCUT2D eigenvalue weighted by molar-refractivity contribution is 0.0522. The minimum atomic E-state index is -2.17. The summed E-state index contributed by atoms with van der Waals surface area (Å²) < 4.78 is 20.4. The number of nitrogens with zero attached hydrogens (tertiary/aromatic N) is 2. The summed E-state index contributed by atoms with van der Waals surface area (Å²) in [5, 5.41) is 2.10. The normalized spacial score (nSPS) is 13.8. The van der Waals surface area contributed by atoms with Gasteiger partial charge < -0.3 is 10.1 Å². The third-order valence-electron chi connectivity index (χ3n) is 1.46. The highest BCUT2D eigenvalue weighted by Crippen LogP contribution is 2.06. The molecule has 1 rings (SSSR count). The lowest BCUT2D eigenvalue weighted by Gasteiger charge is -2.19. The van der Waals surface area contributed by atoms with Gasteiger partial charge in [0.15, 0.2) is 0 Å². The van der Waals surface area contributed by atoms with Gasteiger partial charge in [-0.1, -0.05) is 0 Å². The van der Waals surface area contributed by atoms with Crippen LogP contribution in [0.3, 0.4) is 0 Å². The summed E-state index contributed by atoms with van der Waals surface area (Å²) in [6.07, 6.45) is 2.12. The molecule has 5 nitrogen and oxygen atoms in total. The van der Waals surface area contributed by atoms with Crippen LogP contribution in [-0.2, 0) is 11.2 Å². The second-order valence-corrected chi connectivity index (χ2v) is 4.34. The first-order valence-electron chi connectivity index (χ1n) is 5.90. The molecule has 0 spiro atoms. The van der Waals surface area contributed by atoms with E-state index < -0.39 is 18.2 Å². The van der Waals surface area contributed by atoms with E-state index in [0.717, 1.165) is 5.56 Å². The fourth-order valence-electron chi connectivity index (χ4n) is 0.868. The third-order valence-corrected chi connectivity index (χ3v) is 1.46. The maximum atomic E-state index is 11.5. The molecule has 1 N–H and O–H groups in total. The van der Waals surface area contributed by atoms with Crippen molar-refractivity contribution in [1.29, 1.82) is 0 Å². The van der Waals surface area contributed by atoms with Crippen LogP contribution in [0.1, 0.15) is 34.9 Å². The Hall–Kier alpha value is -1.65. The predicted octanol–water partition coefficient (Wildman–Crippen LogP) is 1.81. The van der Waals surface area contributed by atoms with Crippen LogP contribution < -0.4 is 5.32 Å². The van der Waals surface area contributed by atoms with E-state index >= 15 is 0 Å². The maximum Gasteiger partial charge on any atom is 0.408 e. The van der Waals surface area contributed by atoms with Gasteiger partial charge in [0.25, 0.3) is 0 Å². The Morgan fingerprint density at radius 2 is 2.06 bits per heavy atom. The van der Waals surface area contributed by atoms with Crippen LogP contribution in [0.2, 0.25) is 0 Å². The summed E-state index contributed by atoms with van der Waals surface area (Å²) in [5.74, 6) is -0.112. The van der Waals surface area contributed by atoms with Crippen molar-refractivity contribution in [3.8, 4) is 0 Å². The Labute approximate surface area is 98.1 Å². The number of aryl methyl sites for hydroxylation is 1. The van der Waals surface area contributed by atoms with Crippen LogP contribution in [-0.4, -0.2) is 21.7 Å². The molecule has 0 aromatic carbocycles. The number of rotatable bonds is 2. The van der Waals surface area contributed by atoms with Crippen LogP contribution in [0.5, 0.6) is 0 Å². The molecule has 0 aliphatic heterocycles. The average molecular weight is 225 g/mol. The minimum absolute atomic E-state index is 0.112. The number of ether oxygens (including phenoxy) is 1. The number of alkyl carbamates (subject to hydrolysis) is 1. The quantitative estimate of drug-likeness (QED) is 0.833. The van der Waals surface area contributed by atoms with Crippen molar-refractivity contribution in [2.75, 3.05) is 0 Å². The van der Waals surface area contributed by atoms with Gasteiger partial charge >= 0.3 is 6.09 Å². The van der Waals surface area contributed by atoms with E-state index in [1.165, 1.54) is 12.4 Å². The number of nitrogens with one attached hydrogen (secondary N) is 1. The highest BCUT2D eigenvalue weighted by molar-refractivity contribution is 5.67. The number of carbonyl (C=O) groups is 1. The highest BCUT2D eigenvalue weighted by Gasteiger charge is 2.15. The summed E-state index contributed by atoms with van der Waals surface area (Å²) in [7, 11) is 0. The van der Waals surface area contributed by atoms with Crippen molar-refractivity contribution < 1.29 is 12.3 Å². The molecule has 1 heterocycles. The van der Waals surface area contributed by atoms with E-state index in [1.54, 1.807) is 27.7 Å². The lowest BCUT2D eigenvalue weighted by Crippen LogP contribution is -2.32. The molecular formula is C11H17N3O2. The van der Waals surface area contributed by atoms with E-state index in [1.807, 2.05) is 0 Å². The Balaban J connectivity index is 2.75. The molecule has 0 saturated carbocycles. The molecular weight excluding hydrogens is 206 g/mol. The zero-order chi connectivity index (χ0) is 14.0. The van der Waals surface area contributed by atoms with Crippen molar-refractivity contribution in [3.05, 3.63) is 23.8 Å². The topological polar surface area (TPSA) is 64.1 Å². The predicted molar refractivity (Wildman–Crippen MR) is 59.8 cm³/mol. The zero-order valence-corrected chi connectivity index (χ0v) is 9.87. The third kappa shape index (κ3) is 4.72. The van der Waals surface area contributed by atoms with E-state index in [0.29, 0.717) is 0 Å². The lowest BCUT2D eigenvalue weighted by atomic mass is 10.2. The van der Waals surface area contributed by atoms with Crippen LogP contribution in [0.4, 0.5) is 4.79 Å². The van der Waals surface area contributed by atoms with Gasteiger partial charge in [0, 0.05) is 12.4 Å². The standard InChI is InChI=1S/C11H17N3O2/c1-8-5-12-9(13-6-8)7-14-10(15)16-11(2,3)4/h5-6H,7H2,1-4H3,(H,14,15)/i7D2. The van der Waals surface area contributed by atoms with Gasteiger partial charge in [0.2, 0.25) is 0 Å². The molecule has 1 aromatic heterocycles. The summed E-state index contributed by atoms with van der Waals surface area (Å²) in [6.45, 7) is 4.72. The van der Waals surface area contributed by atoms with Crippen LogP contribution >= 0.6 is 0 Å². The van der Waals surface area contributed by atoms with Gasteiger partial charge in [-0.25, -0.2) is 14.8 Å². The molecule has 0 saturated heterocycles. The molecule has 16 heavy (non-hydrogen) atoms. The first-order valence-corrected chi connectivity index (χ1v) is 4.90. The number of hydrogen-bond donors (Lipinski definition) is 1. The molecule has 5 heteroatoms. The van der Waals surface area contributed by atoms with Crippen molar-refractivity contribution >= 4 is 6.09 Å². The number of hydrogen-bond acceptors (Lipinski definition) is 4. The van der Waals surface area contributed by atoms with Gasteiger partial charge in [-0.3, -0.25) is 0 Å². The van der Waals surface area contributed by atoms with Crippen molar-refractivity contribution in [2.24, 2.45) is 0 Å². The van der Waals surface area contributed by atoms with E-state index in [-0.39, 0.29) is 5.82 Å². The molecule has 0 aliphatic carbocycles. The Bertz CT molecular complexity index is 427. The monoisotopic (exact) mass is 225 g/mol. The van der Waals surface area contributed by atoms with Crippen molar-refractivity contribution in [2.45, 2.75) is 39.8 Å². The van der Waals surface area contributed by atoms with Crippen molar-refractivity contribution in [1.82, 2.24) is 15.3 Å². The maximum absolute atomic E-state index is 11.5.